The summed E-state index contributed by atoms with van der Waals surface area (Å²) < 4.78 is 0. The third-order valence-electron chi connectivity index (χ3n) is 3.61. The Morgan fingerprint density at radius 1 is 1.29 bits per heavy atom. The number of piperidine rings is 1. The smallest absolute Gasteiger partial charge is 0.0574 e. The average molecular weight is 233 g/mol. The summed E-state index contributed by atoms with van der Waals surface area (Å²) in [5.41, 5.74) is 2.43. The SMILES string of the molecule is CCC(NC)c1ccc(N2CCCCC2)cn1. The van der Waals surface area contributed by atoms with Crippen LogP contribution in [0.1, 0.15) is 44.3 Å². The van der Waals surface area contributed by atoms with E-state index in [4.69, 9.17) is 0 Å². The molecule has 1 fully saturated rings. The summed E-state index contributed by atoms with van der Waals surface area (Å²) in [4.78, 5) is 7.04. The van der Waals surface area contributed by atoms with Crippen LogP contribution in [0, 0.1) is 0 Å². The van der Waals surface area contributed by atoms with Crippen molar-refractivity contribution in [3.8, 4) is 0 Å². The zero-order valence-corrected chi connectivity index (χ0v) is 10.9. The van der Waals surface area contributed by atoms with Crippen molar-refractivity contribution in [2.24, 2.45) is 0 Å². The van der Waals surface area contributed by atoms with Gasteiger partial charge in [-0.1, -0.05) is 6.92 Å². The van der Waals surface area contributed by atoms with E-state index in [1.54, 1.807) is 0 Å². The van der Waals surface area contributed by atoms with Gasteiger partial charge < -0.3 is 10.2 Å². The van der Waals surface area contributed by atoms with Gasteiger partial charge in [0.25, 0.3) is 0 Å². The van der Waals surface area contributed by atoms with Gasteiger partial charge in [-0.05, 0) is 44.9 Å². The number of hydrogen-bond acceptors (Lipinski definition) is 3. The molecule has 0 saturated carbocycles. The van der Waals surface area contributed by atoms with E-state index in [0.29, 0.717) is 6.04 Å². The number of nitrogens with zero attached hydrogens (tertiary/aromatic N) is 2. The van der Waals surface area contributed by atoms with Crippen molar-refractivity contribution in [3.63, 3.8) is 0 Å². The minimum Gasteiger partial charge on any atom is -0.370 e. The van der Waals surface area contributed by atoms with Crippen LogP contribution in [0.2, 0.25) is 0 Å². The third-order valence-corrected chi connectivity index (χ3v) is 3.61. The van der Waals surface area contributed by atoms with Crippen molar-refractivity contribution in [1.29, 1.82) is 0 Å². The Labute approximate surface area is 104 Å². The molecule has 94 valence electrons. The molecule has 1 unspecified atom stereocenters. The lowest BCUT2D eigenvalue weighted by molar-refractivity contribution is 0.559. The Morgan fingerprint density at radius 3 is 2.59 bits per heavy atom. The van der Waals surface area contributed by atoms with E-state index in [2.05, 4.69) is 34.3 Å². The van der Waals surface area contributed by atoms with Crippen LogP contribution in [-0.4, -0.2) is 25.1 Å². The van der Waals surface area contributed by atoms with E-state index in [-0.39, 0.29) is 0 Å². The first kappa shape index (κ1) is 12.4. The first-order valence-electron chi connectivity index (χ1n) is 6.73. The lowest BCUT2D eigenvalue weighted by Crippen LogP contribution is -2.29. The van der Waals surface area contributed by atoms with Crippen LogP contribution >= 0.6 is 0 Å². The number of aromatic nitrogens is 1. The van der Waals surface area contributed by atoms with Gasteiger partial charge in [-0.3, -0.25) is 4.98 Å². The van der Waals surface area contributed by atoms with E-state index in [9.17, 15) is 0 Å². The van der Waals surface area contributed by atoms with Crippen LogP contribution in [0.5, 0.6) is 0 Å². The van der Waals surface area contributed by atoms with Gasteiger partial charge in [-0.25, -0.2) is 0 Å². The fraction of sp³-hybridized carbons (Fsp3) is 0.643. The number of rotatable bonds is 4. The van der Waals surface area contributed by atoms with Gasteiger partial charge in [0.2, 0.25) is 0 Å². The second-order valence-electron chi connectivity index (χ2n) is 4.74. The lowest BCUT2D eigenvalue weighted by atomic mass is 10.1. The number of nitrogens with one attached hydrogen (secondary N) is 1. The largest absolute Gasteiger partial charge is 0.370 e. The molecule has 17 heavy (non-hydrogen) atoms. The molecule has 0 spiro atoms. The maximum absolute atomic E-state index is 4.59. The summed E-state index contributed by atoms with van der Waals surface area (Å²) in [6.07, 6.45) is 7.11. The van der Waals surface area contributed by atoms with Crippen LogP contribution in [0.4, 0.5) is 5.69 Å². The van der Waals surface area contributed by atoms with Gasteiger partial charge in [0.15, 0.2) is 0 Å². The first-order valence-corrected chi connectivity index (χ1v) is 6.73. The zero-order valence-electron chi connectivity index (χ0n) is 10.9. The molecule has 0 amide bonds. The van der Waals surface area contributed by atoms with Crippen molar-refractivity contribution in [1.82, 2.24) is 10.3 Å². The average Bonchev–Trinajstić information content (AvgIpc) is 2.42. The van der Waals surface area contributed by atoms with E-state index in [1.807, 2.05) is 13.2 Å². The Morgan fingerprint density at radius 2 is 2.06 bits per heavy atom. The predicted molar refractivity (Wildman–Crippen MR) is 72.4 cm³/mol. The Hall–Kier alpha value is -1.09. The van der Waals surface area contributed by atoms with Crippen LogP contribution in [-0.2, 0) is 0 Å². The highest BCUT2D eigenvalue weighted by Crippen LogP contribution is 2.21. The van der Waals surface area contributed by atoms with Gasteiger partial charge in [-0.2, -0.15) is 0 Å². The molecule has 0 radical (unpaired) electrons. The normalized spacial score (nSPS) is 18.1. The molecule has 1 aliphatic heterocycles. The summed E-state index contributed by atoms with van der Waals surface area (Å²) in [5, 5.41) is 3.29. The molecule has 0 bridgehead atoms. The van der Waals surface area contributed by atoms with Gasteiger partial charge >= 0.3 is 0 Å². The second-order valence-corrected chi connectivity index (χ2v) is 4.74. The number of pyridine rings is 1. The monoisotopic (exact) mass is 233 g/mol. The minimum atomic E-state index is 0.380. The predicted octanol–water partition coefficient (Wildman–Crippen LogP) is 2.74. The minimum absolute atomic E-state index is 0.380. The molecule has 1 atom stereocenters. The molecule has 2 heterocycles. The fourth-order valence-corrected chi connectivity index (χ4v) is 2.50. The molecule has 3 heteroatoms. The summed E-state index contributed by atoms with van der Waals surface area (Å²) in [6, 6.07) is 4.76. The maximum atomic E-state index is 4.59. The van der Waals surface area contributed by atoms with Gasteiger partial charge in [0.1, 0.15) is 0 Å². The highest BCUT2D eigenvalue weighted by molar-refractivity contribution is 5.45. The molecule has 0 aromatic carbocycles. The molecule has 1 aromatic rings. The van der Waals surface area contributed by atoms with Gasteiger partial charge in [0.05, 0.1) is 17.6 Å². The maximum Gasteiger partial charge on any atom is 0.0574 e. The van der Waals surface area contributed by atoms with Crippen molar-refractivity contribution in [2.45, 2.75) is 38.6 Å². The molecule has 1 N–H and O–H groups in total. The van der Waals surface area contributed by atoms with Crippen LogP contribution in [0.15, 0.2) is 18.3 Å². The quantitative estimate of drug-likeness (QED) is 0.866. The fourth-order valence-electron chi connectivity index (χ4n) is 2.50. The van der Waals surface area contributed by atoms with Crippen LogP contribution in [0.25, 0.3) is 0 Å². The first-order chi connectivity index (χ1) is 8.35. The van der Waals surface area contributed by atoms with Crippen molar-refractivity contribution >= 4 is 5.69 Å². The van der Waals surface area contributed by atoms with E-state index in [1.165, 1.54) is 38.0 Å². The summed E-state index contributed by atoms with van der Waals surface area (Å²) >= 11 is 0. The molecular formula is C14H23N3. The van der Waals surface area contributed by atoms with Crippen LogP contribution < -0.4 is 10.2 Å². The van der Waals surface area contributed by atoms with E-state index >= 15 is 0 Å². The van der Waals surface area contributed by atoms with E-state index in [0.717, 1.165) is 12.1 Å². The summed E-state index contributed by atoms with van der Waals surface area (Å²) in [7, 11) is 1.99. The molecule has 2 rings (SSSR count). The van der Waals surface area contributed by atoms with Gasteiger partial charge in [0, 0.05) is 19.1 Å². The third kappa shape index (κ3) is 2.97. The number of anilines is 1. The van der Waals surface area contributed by atoms with Crippen LogP contribution in [0.3, 0.4) is 0 Å². The zero-order chi connectivity index (χ0) is 12.1. The Bertz CT molecular complexity index is 324. The van der Waals surface area contributed by atoms with Crippen molar-refractivity contribution < 1.29 is 0 Å². The Kier molecular flexibility index (Phi) is 4.37. The Balaban J connectivity index is 2.06. The van der Waals surface area contributed by atoms with Gasteiger partial charge in [-0.15, -0.1) is 0 Å². The van der Waals surface area contributed by atoms with Crippen molar-refractivity contribution in [2.75, 3.05) is 25.0 Å². The molecule has 1 saturated heterocycles. The highest BCUT2D eigenvalue weighted by atomic mass is 15.1. The number of hydrogen-bond donors (Lipinski definition) is 1. The summed E-state index contributed by atoms with van der Waals surface area (Å²) in [5.74, 6) is 0. The molecule has 0 aliphatic carbocycles. The topological polar surface area (TPSA) is 28.2 Å². The molecule has 1 aliphatic rings. The molecular weight excluding hydrogens is 210 g/mol. The standard InChI is InChI=1S/C14H23N3/c1-3-13(15-2)14-8-7-12(11-16-14)17-9-5-4-6-10-17/h7-8,11,13,15H,3-6,9-10H2,1-2H3. The lowest BCUT2D eigenvalue weighted by Gasteiger charge is -2.28. The molecule has 1 aromatic heterocycles. The van der Waals surface area contributed by atoms with E-state index < -0.39 is 0 Å². The summed E-state index contributed by atoms with van der Waals surface area (Å²) in [6.45, 7) is 4.55. The molecule has 3 nitrogen and oxygen atoms in total. The highest BCUT2D eigenvalue weighted by Gasteiger charge is 2.12. The second kappa shape index (κ2) is 6.01. The van der Waals surface area contributed by atoms with Crippen molar-refractivity contribution in [3.05, 3.63) is 24.0 Å².